The minimum absolute atomic E-state index is 0.0363. The average molecular weight is 317 g/mol. The number of thiophene rings is 1. The molecular formula is C17H19NO3S. The maximum absolute atomic E-state index is 12.5. The highest BCUT2D eigenvalue weighted by atomic mass is 32.1. The van der Waals surface area contributed by atoms with Crippen LogP contribution in [0.25, 0.3) is 0 Å². The summed E-state index contributed by atoms with van der Waals surface area (Å²) in [5.74, 6) is -0.0818. The Morgan fingerprint density at radius 1 is 1.36 bits per heavy atom. The van der Waals surface area contributed by atoms with E-state index in [2.05, 4.69) is 5.32 Å². The van der Waals surface area contributed by atoms with Crippen molar-refractivity contribution >= 4 is 17.2 Å². The van der Waals surface area contributed by atoms with Crippen LogP contribution in [0.1, 0.15) is 38.1 Å². The molecule has 0 aliphatic carbocycles. The van der Waals surface area contributed by atoms with Crippen LogP contribution in [0.2, 0.25) is 0 Å². The fraction of sp³-hybridized carbons (Fsp3) is 0.353. The molecule has 1 aromatic carbocycles. The highest BCUT2D eigenvalue weighted by molar-refractivity contribution is 7.14. The van der Waals surface area contributed by atoms with Crippen LogP contribution < -0.4 is 5.32 Å². The van der Waals surface area contributed by atoms with Crippen LogP contribution in [0.15, 0.2) is 36.4 Å². The Hall–Kier alpha value is -1.69. The van der Waals surface area contributed by atoms with Gasteiger partial charge in [0.1, 0.15) is 0 Å². The molecule has 0 bridgehead atoms. The number of aliphatic hydroxyl groups is 1. The van der Waals surface area contributed by atoms with Gasteiger partial charge in [-0.2, -0.15) is 0 Å². The summed E-state index contributed by atoms with van der Waals surface area (Å²) in [6, 6.07) is 11.5. The van der Waals surface area contributed by atoms with Gasteiger partial charge in [0.05, 0.1) is 24.1 Å². The van der Waals surface area contributed by atoms with Gasteiger partial charge in [0.2, 0.25) is 0 Å². The molecule has 0 saturated carbocycles. The molecule has 1 aromatic heterocycles. The Morgan fingerprint density at radius 3 is 2.91 bits per heavy atom. The van der Waals surface area contributed by atoms with Gasteiger partial charge >= 0.3 is 0 Å². The van der Waals surface area contributed by atoms with Crippen molar-refractivity contribution in [3.05, 3.63) is 57.3 Å². The monoisotopic (exact) mass is 317 g/mol. The highest BCUT2D eigenvalue weighted by Crippen LogP contribution is 2.27. The molecule has 1 atom stereocenters. The summed E-state index contributed by atoms with van der Waals surface area (Å²) < 4.78 is 5.42. The van der Waals surface area contributed by atoms with Gasteiger partial charge in [0.15, 0.2) is 0 Å². The summed E-state index contributed by atoms with van der Waals surface area (Å²) in [5, 5.41) is 12.3. The van der Waals surface area contributed by atoms with E-state index in [1.807, 2.05) is 36.4 Å². The Kier molecular flexibility index (Phi) is 4.87. The van der Waals surface area contributed by atoms with Crippen LogP contribution in [0, 0.1) is 0 Å². The van der Waals surface area contributed by atoms with Gasteiger partial charge in [0, 0.05) is 17.9 Å². The highest BCUT2D eigenvalue weighted by Gasteiger charge is 2.20. The largest absolute Gasteiger partial charge is 0.396 e. The smallest absolute Gasteiger partial charge is 0.261 e. The van der Waals surface area contributed by atoms with E-state index in [9.17, 15) is 9.90 Å². The van der Waals surface area contributed by atoms with Gasteiger partial charge in [-0.25, -0.2) is 0 Å². The molecule has 4 nitrogen and oxygen atoms in total. The number of fused-ring (bicyclic) bond motifs is 1. The predicted molar refractivity (Wildman–Crippen MR) is 86.0 cm³/mol. The second-order valence-electron chi connectivity index (χ2n) is 5.31. The average Bonchev–Trinajstić information content (AvgIpc) is 2.99. The van der Waals surface area contributed by atoms with Crippen molar-refractivity contribution in [2.24, 2.45) is 0 Å². The van der Waals surface area contributed by atoms with Crippen LogP contribution >= 0.6 is 11.3 Å². The fourth-order valence-electron chi connectivity index (χ4n) is 2.63. The fourth-order valence-corrected chi connectivity index (χ4v) is 3.68. The third-order valence-electron chi connectivity index (χ3n) is 3.78. The molecule has 0 saturated heterocycles. The zero-order chi connectivity index (χ0) is 15.4. The lowest BCUT2D eigenvalue weighted by Gasteiger charge is -2.17. The first-order chi connectivity index (χ1) is 10.8. The molecule has 1 amide bonds. The molecule has 1 aliphatic heterocycles. The topological polar surface area (TPSA) is 58.6 Å². The number of nitrogens with one attached hydrogen (secondary N) is 1. The number of rotatable bonds is 5. The second-order valence-corrected chi connectivity index (χ2v) is 6.45. The molecule has 2 aromatic rings. The third-order valence-corrected chi connectivity index (χ3v) is 5.01. The maximum Gasteiger partial charge on any atom is 0.261 e. The summed E-state index contributed by atoms with van der Waals surface area (Å²) in [7, 11) is 0. The van der Waals surface area contributed by atoms with Crippen molar-refractivity contribution in [2.45, 2.75) is 25.5 Å². The zero-order valence-electron chi connectivity index (χ0n) is 12.2. The van der Waals surface area contributed by atoms with E-state index in [4.69, 9.17) is 4.74 Å². The predicted octanol–water partition coefficient (Wildman–Crippen LogP) is 2.67. The Labute approximate surface area is 133 Å². The van der Waals surface area contributed by atoms with Crippen molar-refractivity contribution in [1.29, 1.82) is 0 Å². The molecule has 1 aliphatic rings. The normalized spacial score (nSPS) is 15.1. The molecule has 1 unspecified atom stereocenters. The van der Waals surface area contributed by atoms with Crippen molar-refractivity contribution in [3.8, 4) is 0 Å². The van der Waals surface area contributed by atoms with E-state index in [-0.39, 0.29) is 18.6 Å². The number of carbonyl (C=O) groups is 1. The first-order valence-corrected chi connectivity index (χ1v) is 8.25. The standard InChI is InChI=1S/C17H19NO3S/c19-8-6-14(12-4-2-1-3-5-12)18-17(20)16-10-13-11-21-9-7-15(13)22-16/h1-5,10,14,19H,6-9,11H2,(H,18,20). The van der Waals surface area contributed by atoms with Crippen molar-refractivity contribution in [3.63, 3.8) is 0 Å². The first kappa shape index (κ1) is 15.2. The van der Waals surface area contributed by atoms with E-state index < -0.39 is 0 Å². The van der Waals surface area contributed by atoms with E-state index >= 15 is 0 Å². The molecule has 22 heavy (non-hydrogen) atoms. The molecule has 0 spiro atoms. The number of benzene rings is 1. The quantitative estimate of drug-likeness (QED) is 0.891. The minimum atomic E-state index is -0.172. The SMILES string of the molecule is O=C(NC(CCO)c1ccccc1)c1cc2c(s1)CCOC2. The third kappa shape index (κ3) is 3.38. The Morgan fingerprint density at radius 2 is 2.18 bits per heavy atom. The molecular weight excluding hydrogens is 298 g/mol. The molecule has 116 valence electrons. The lowest BCUT2D eigenvalue weighted by Crippen LogP contribution is -2.28. The van der Waals surface area contributed by atoms with Gasteiger partial charge in [-0.3, -0.25) is 4.79 Å². The number of ether oxygens (including phenoxy) is 1. The van der Waals surface area contributed by atoms with Crippen molar-refractivity contribution in [1.82, 2.24) is 5.32 Å². The number of hydrogen-bond donors (Lipinski definition) is 2. The number of aliphatic hydroxyl groups excluding tert-OH is 1. The number of hydrogen-bond acceptors (Lipinski definition) is 4. The van der Waals surface area contributed by atoms with E-state index in [1.165, 1.54) is 4.88 Å². The molecule has 3 rings (SSSR count). The summed E-state index contributed by atoms with van der Waals surface area (Å²) >= 11 is 1.54. The molecule has 2 N–H and O–H groups in total. The maximum atomic E-state index is 12.5. The van der Waals surface area contributed by atoms with E-state index in [0.717, 1.165) is 29.0 Å². The van der Waals surface area contributed by atoms with Crippen LogP contribution in [0.5, 0.6) is 0 Å². The number of carbonyl (C=O) groups excluding carboxylic acids is 1. The number of amides is 1. The molecule has 2 heterocycles. The minimum Gasteiger partial charge on any atom is -0.396 e. The van der Waals surface area contributed by atoms with Gasteiger partial charge < -0.3 is 15.2 Å². The van der Waals surface area contributed by atoms with E-state index in [0.29, 0.717) is 13.0 Å². The summed E-state index contributed by atoms with van der Waals surface area (Å²) in [4.78, 5) is 14.5. The van der Waals surface area contributed by atoms with Crippen molar-refractivity contribution < 1.29 is 14.6 Å². The van der Waals surface area contributed by atoms with Gasteiger partial charge in [-0.15, -0.1) is 11.3 Å². The molecule has 5 heteroatoms. The zero-order valence-corrected chi connectivity index (χ0v) is 13.1. The van der Waals surface area contributed by atoms with Gasteiger partial charge in [-0.05, 0) is 23.6 Å². The molecule has 0 radical (unpaired) electrons. The summed E-state index contributed by atoms with van der Waals surface area (Å²) in [6.45, 7) is 1.36. The van der Waals surface area contributed by atoms with E-state index in [1.54, 1.807) is 11.3 Å². The van der Waals surface area contributed by atoms with Gasteiger partial charge in [0.25, 0.3) is 5.91 Å². The van der Waals surface area contributed by atoms with Crippen LogP contribution in [-0.2, 0) is 17.8 Å². The second kappa shape index (κ2) is 7.05. The first-order valence-electron chi connectivity index (χ1n) is 7.44. The lowest BCUT2D eigenvalue weighted by atomic mass is 10.0. The Bertz CT molecular complexity index is 615. The van der Waals surface area contributed by atoms with Crippen LogP contribution in [-0.4, -0.2) is 24.2 Å². The summed E-state index contributed by atoms with van der Waals surface area (Å²) in [5.41, 5.74) is 2.13. The van der Waals surface area contributed by atoms with Crippen LogP contribution in [0.3, 0.4) is 0 Å². The lowest BCUT2D eigenvalue weighted by molar-refractivity contribution is 0.0933. The van der Waals surface area contributed by atoms with Crippen LogP contribution in [0.4, 0.5) is 0 Å². The van der Waals surface area contributed by atoms with Crippen molar-refractivity contribution in [2.75, 3.05) is 13.2 Å². The molecule has 0 fully saturated rings. The summed E-state index contributed by atoms with van der Waals surface area (Å²) in [6.07, 6.45) is 1.38. The van der Waals surface area contributed by atoms with Gasteiger partial charge in [-0.1, -0.05) is 30.3 Å². The Balaban J connectivity index is 1.75.